The van der Waals surface area contributed by atoms with Gasteiger partial charge in [0.05, 0.1) is 29.6 Å². The van der Waals surface area contributed by atoms with Crippen molar-refractivity contribution < 1.29 is 24.2 Å². The van der Waals surface area contributed by atoms with Crippen molar-refractivity contribution in [3.63, 3.8) is 0 Å². The highest BCUT2D eigenvalue weighted by Gasteiger charge is 2.22. The first-order chi connectivity index (χ1) is 15.3. The van der Waals surface area contributed by atoms with Crippen molar-refractivity contribution in [3.8, 4) is 11.6 Å². The molecule has 2 aromatic carbocycles. The van der Waals surface area contributed by atoms with Gasteiger partial charge < -0.3 is 19.4 Å². The molecular weight excluding hydrogens is 410 g/mol. The maximum Gasteiger partial charge on any atom is 0.338 e. The number of nitrogens with zero attached hydrogens (tertiary/aromatic N) is 3. The van der Waals surface area contributed by atoms with Crippen molar-refractivity contribution in [3.05, 3.63) is 77.0 Å². The van der Waals surface area contributed by atoms with Gasteiger partial charge >= 0.3 is 5.97 Å². The van der Waals surface area contributed by atoms with E-state index in [0.29, 0.717) is 17.2 Å². The molecule has 0 bridgehead atoms. The predicted molar refractivity (Wildman–Crippen MR) is 120 cm³/mol. The zero-order chi connectivity index (χ0) is 23.1. The molecule has 0 aliphatic heterocycles. The maximum absolute atomic E-state index is 12.1. The third kappa shape index (κ3) is 5.95. The van der Waals surface area contributed by atoms with E-state index >= 15 is 0 Å². The Bertz CT molecular complexity index is 1070. The summed E-state index contributed by atoms with van der Waals surface area (Å²) in [6, 6.07) is 16.3. The smallest absolute Gasteiger partial charge is 0.338 e. The Kier molecular flexibility index (Phi) is 7.27. The van der Waals surface area contributed by atoms with Crippen LogP contribution in [0.3, 0.4) is 0 Å². The number of hydrogen-bond donors (Lipinski definition) is 1. The van der Waals surface area contributed by atoms with Gasteiger partial charge in [0.1, 0.15) is 18.0 Å². The van der Waals surface area contributed by atoms with Crippen LogP contribution in [0.1, 0.15) is 41.0 Å². The SMILES string of the molecule is Cc1nn(C)c(Oc2ccccc2)c1/C=N/OCc1ccc(C(=O)OC(C)(C)CO)cc1. The summed E-state index contributed by atoms with van der Waals surface area (Å²) in [7, 11) is 1.80. The number of hydrogen-bond acceptors (Lipinski definition) is 7. The van der Waals surface area contributed by atoms with Crippen molar-refractivity contribution in [1.82, 2.24) is 9.78 Å². The number of benzene rings is 2. The average molecular weight is 437 g/mol. The van der Waals surface area contributed by atoms with E-state index in [4.69, 9.17) is 14.3 Å². The molecule has 0 fully saturated rings. The third-order valence-electron chi connectivity index (χ3n) is 4.60. The Labute approximate surface area is 187 Å². The number of carbonyl (C=O) groups is 1. The van der Waals surface area contributed by atoms with Gasteiger partial charge in [-0.1, -0.05) is 35.5 Å². The molecule has 0 aliphatic rings. The number of oxime groups is 1. The van der Waals surface area contributed by atoms with Crippen LogP contribution in [0.2, 0.25) is 0 Å². The molecule has 1 N–H and O–H groups in total. The second-order valence-electron chi connectivity index (χ2n) is 7.86. The standard InChI is InChI=1S/C24H27N3O5/c1-17-21(22(27(4)26-17)31-20-8-6-5-7-9-20)14-25-30-15-18-10-12-19(13-11-18)23(29)32-24(2,3)16-28/h5-14,28H,15-16H2,1-4H3/b25-14+. The van der Waals surface area contributed by atoms with E-state index in [1.54, 1.807) is 56.1 Å². The maximum atomic E-state index is 12.1. The lowest BCUT2D eigenvalue weighted by Crippen LogP contribution is -2.32. The zero-order valence-corrected chi connectivity index (χ0v) is 18.6. The molecule has 0 radical (unpaired) electrons. The molecule has 0 saturated heterocycles. The van der Waals surface area contributed by atoms with E-state index in [9.17, 15) is 9.90 Å². The van der Waals surface area contributed by atoms with Crippen molar-refractivity contribution in [2.45, 2.75) is 33.0 Å². The summed E-state index contributed by atoms with van der Waals surface area (Å²) in [4.78, 5) is 17.6. The molecule has 32 heavy (non-hydrogen) atoms. The Balaban J connectivity index is 1.60. The Morgan fingerprint density at radius 3 is 2.50 bits per heavy atom. The quantitative estimate of drug-likeness (QED) is 0.309. The van der Waals surface area contributed by atoms with Gasteiger partial charge in [-0.15, -0.1) is 0 Å². The van der Waals surface area contributed by atoms with Crippen molar-refractivity contribution in [1.29, 1.82) is 0 Å². The summed E-state index contributed by atoms with van der Waals surface area (Å²) in [5.74, 6) is 0.773. The van der Waals surface area contributed by atoms with Gasteiger partial charge in [-0.05, 0) is 50.6 Å². The van der Waals surface area contributed by atoms with E-state index in [1.165, 1.54) is 0 Å². The number of aliphatic hydroxyl groups is 1. The fraction of sp³-hybridized carbons (Fsp3) is 0.292. The molecule has 8 heteroatoms. The molecule has 0 unspecified atom stereocenters. The number of esters is 1. The minimum absolute atomic E-state index is 0.224. The lowest BCUT2D eigenvalue weighted by molar-refractivity contribution is -0.0265. The number of aliphatic hydroxyl groups excluding tert-OH is 1. The minimum atomic E-state index is -0.929. The van der Waals surface area contributed by atoms with Crippen LogP contribution in [-0.2, 0) is 23.2 Å². The van der Waals surface area contributed by atoms with Crippen LogP contribution in [-0.4, -0.2) is 39.3 Å². The molecule has 1 aromatic heterocycles. The number of rotatable bonds is 9. The fourth-order valence-corrected chi connectivity index (χ4v) is 2.80. The van der Waals surface area contributed by atoms with E-state index in [0.717, 1.165) is 16.8 Å². The number of para-hydroxylation sites is 1. The largest absolute Gasteiger partial charge is 0.454 e. The highest BCUT2D eigenvalue weighted by Crippen LogP contribution is 2.25. The molecule has 1 heterocycles. The highest BCUT2D eigenvalue weighted by molar-refractivity contribution is 5.89. The first-order valence-electron chi connectivity index (χ1n) is 10.1. The second-order valence-corrected chi connectivity index (χ2v) is 7.86. The summed E-state index contributed by atoms with van der Waals surface area (Å²) < 4.78 is 12.9. The minimum Gasteiger partial charge on any atom is -0.454 e. The summed E-state index contributed by atoms with van der Waals surface area (Å²) in [5.41, 5.74) is 1.79. The van der Waals surface area contributed by atoms with Gasteiger partial charge in [0.2, 0.25) is 5.88 Å². The molecule has 3 rings (SSSR count). The second kappa shape index (κ2) is 10.1. The van der Waals surface area contributed by atoms with E-state index < -0.39 is 11.6 Å². The van der Waals surface area contributed by atoms with Gasteiger partial charge in [0.25, 0.3) is 0 Å². The Hall–Kier alpha value is -3.65. The van der Waals surface area contributed by atoms with Crippen LogP contribution in [0.4, 0.5) is 0 Å². The Morgan fingerprint density at radius 2 is 1.84 bits per heavy atom. The molecule has 0 spiro atoms. The van der Waals surface area contributed by atoms with Crippen LogP contribution in [0.25, 0.3) is 0 Å². The normalized spacial score (nSPS) is 11.5. The average Bonchev–Trinajstić information content (AvgIpc) is 3.04. The van der Waals surface area contributed by atoms with Crippen LogP contribution in [0.15, 0.2) is 59.8 Å². The fourth-order valence-electron chi connectivity index (χ4n) is 2.80. The first kappa shape index (κ1) is 23.0. The molecule has 168 valence electrons. The van der Waals surface area contributed by atoms with Crippen molar-refractivity contribution in [2.24, 2.45) is 12.2 Å². The van der Waals surface area contributed by atoms with E-state index in [2.05, 4.69) is 10.3 Å². The topological polar surface area (TPSA) is 95.2 Å². The van der Waals surface area contributed by atoms with E-state index in [-0.39, 0.29) is 13.2 Å². The third-order valence-corrected chi connectivity index (χ3v) is 4.60. The highest BCUT2D eigenvalue weighted by atomic mass is 16.6. The zero-order valence-electron chi connectivity index (χ0n) is 18.6. The van der Waals surface area contributed by atoms with Gasteiger partial charge in [-0.3, -0.25) is 0 Å². The number of aryl methyl sites for hydroxylation is 2. The van der Waals surface area contributed by atoms with Crippen LogP contribution in [0, 0.1) is 6.92 Å². The summed E-state index contributed by atoms with van der Waals surface area (Å²) in [6.45, 7) is 5.13. The first-order valence-corrected chi connectivity index (χ1v) is 10.1. The lowest BCUT2D eigenvalue weighted by atomic mass is 10.1. The molecule has 8 nitrogen and oxygen atoms in total. The van der Waals surface area contributed by atoms with Crippen molar-refractivity contribution in [2.75, 3.05) is 6.61 Å². The molecule has 0 saturated carbocycles. The number of aromatic nitrogens is 2. The molecule has 0 atom stereocenters. The summed E-state index contributed by atoms with van der Waals surface area (Å²) in [5, 5.41) is 17.7. The summed E-state index contributed by atoms with van der Waals surface area (Å²) in [6.07, 6.45) is 1.57. The monoisotopic (exact) mass is 437 g/mol. The van der Waals surface area contributed by atoms with Crippen molar-refractivity contribution >= 4 is 12.2 Å². The van der Waals surface area contributed by atoms with Crippen LogP contribution >= 0.6 is 0 Å². The predicted octanol–water partition coefficient (Wildman–Crippen LogP) is 4.00. The lowest BCUT2D eigenvalue weighted by Gasteiger charge is -2.22. The van der Waals surface area contributed by atoms with Gasteiger partial charge in [0.15, 0.2) is 0 Å². The molecule has 0 aliphatic carbocycles. The van der Waals surface area contributed by atoms with Crippen LogP contribution in [0.5, 0.6) is 11.6 Å². The Morgan fingerprint density at radius 1 is 1.16 bits per heavy atom. The molecule has 3 aromatic rings. The number of ether oxygens (including phenoxy) is 2. The van der Waals surface area contributed by atoms with Gasteiger partial charge in [0, 0.05) is 7.05 Å². The molecule has 0 amide bonds. The summed E-state index contributed by atoms with van der Waals surface area (Å²) >= 11 is 0. The number of carbonyl (C=O) groups excluding carboxylic acids is 1. The molecular formula is C24H27N3O5. The van der Waals surface area contributed by atoms with Gasteiger partial charge in [-0.25, -0.2) is 9.48 Å². The van der Waals surface area contributed by atoms with Crippen LogP contribution < -0.4 is 4.74 Å². The van der Waals surface area contributed by atoms with E-state index in [1.807, 2.05) is 37.3 Å². The van der Waals surface area contributed by atoms with Gasteiger partial charge in [-0.2, -0.15) is 5.10 Å².